The van der Waals surface area contributed by atoms with Crippen molar-refractivity contribution in [2.24, 2.45) is 7.05 Å². The lowest BCUT2D eigenvalue weighted by Gasteiger charge is -2.32. The number of nitrogens with zero attached hydrogens (tertiary/aromatic N) is 6. The van der Waals surface area contributed by atoms with Crippen molar-refractivity contribution in [3.05, 3.63) is 35.7 Å². The van der Waals surface area contributed by atoms with Gasteiger partial charge in [-0.3, -0.25) is 4.68 Å². The molecule has 1 unspecified atom stereocenters. The quantitative estimate of drug-likeness (QED) is 0.578. The summed E-state index contributed by atoms with van der Waals surface area (Å²) in [5, 5.41) is 12.0. The van der Waals surface area contributed by atoms with Crippen molar-refractivity contribution >= 4 is 10.0 Å². The second kappa shape index (κ2) is 7.04. The topological polar surface area (TPSA) is 129 Å². The molecule has 1 aliphatic heterocycles. The predicted molar refractivity (Wildman–Crippen MR) is 97.9 cm³/mol. The van der Waals surface area contributed by atoms with Gasteiger partial charge in [0.15, 0.2) is 5.82 Å². The van der Waals surface area contributed by atoms with E-state index < -0.39 is 16.1 Å². The summed E-state index contributed by atoms with van der Waals surface area (Å²) in [5.41, 5.74) is 1.06. The van der Waals surface area contributed by atoms with Crippen molar-refractivity contribution in [3.8, 4) is 11.5 Å². The molecule has 0 spiro atoms. The third-order valence-electron chi connectivity index (χ3n) is 5.02. The first-order chi connectivity index (χ1) is 14.0. The zero-order valence-electron chi connectivity index (χ0n) is 15.8. The number of morpholine rings is 1. The van der Waals surface area contributed by atoms with Crippen LogP contribution in [0.3, 0.4) is 0 Å². The smallest absolute Gasteiger partial charge is 0.261 e. The van der Waals surface area contributed by atoms with E-state index in [0.717, 1.165) is 18.6 Å². The molecule has 0 aromatic carbocycles. The van der Waals surface area contributed by atoms with E-state index in [0.29, 0.717) is 23.8 Å². The van der Waals surface area contributed by atoms with Gasteiger partial charge >= 0.3 is 0 Å². The van der Waals surface area contributed by atoms with Gasteiger partial charge in [-0.15, -0.1) is 0 Å². The summed E-state index contributed by atoms with van der Waals surface area (Å²) in [7, 11) is -1.90. The first kappa shape index (κ1) is 18.5. The van der Waals surface area contributed by atoms with E-state index in [2.05, 4.69) is 20.4 Å². The van der Waals surface area contributed by atoms with Crippen molar-refractivity contribution in [3.63, 3.8) is 0 Å². The minimum Gasteiger partial charge on any atom is -0.378 e. The van der Waals surface area contributed by atoms with Gasteiger partial charge in [0.25, 0.3) is 5.89 Å². The van der Waals surface area contributed by atoms with Crippen molar-refractivity contribution in [1.82, 2.24) is 29.4 Å². The second-order valence-corrected chi connectivity index (χ2v) is 9.23. The predicted octanol–water partition coefficient (Wildman–Crippen LogP) is 1.24. The van der Waals surface area contributed by atoms with Gasteiger partial charge < -0.3 is 13.8 Å². The molecule has 154 valence electrons. The Bertz CT molecular complexity index is 1120. The number of hydrogen-bond donors (Lipinski definition) is 0. The molecule has 1 saturated carbocycles. The van der Waals surface area contributed by atoms with Crippen LogP contribution in [0.1, 0.15) is 42.1 Å². The zero-order valence-corrected chi connectivity index (χ0v) is 16.6. The molecule has 29 heavy (non-hydrogen) atoms. The fraction of sp³-hybridized carbons (Fsp3) is 0.529. The average molecular weight is 420 g/mol. The number of hydrogen-bond acceptors (Lipinski definition) is 9. The molecule has 1 saturated heterocycles. The van der Waals surface area contributed by atoms with Crippen LogP contribution in [0.2, 0.25) is 0 Å². The van der Waals surface area contributed by atoms with E-state index in [4.69, 9.17) is 13.8 Å². The molecule has 0 N–H and O–H groups in total. The van der Waals surface area contributed by atoms with Gasteiger partial charge in [0.2, 0.25) is 10.0 Å². The highest BCUT2D eigenvalue weighted by atomic mass is 32.2. The Balaban J connectivity index is 1.38. The monoisotopic (exact) mass is 420 g/mol. The zero-order chi connectivity index (χ0) is 20.0. The maximum absolute atomic E-state index is 13.1. The number of aromatic nitrogens is 5. The average Bonchev–Trinajstić information content (AvgIpc) is 3.08. The van der Waals surface area contributed by atoms with Crippen LogP contribution in [0.4, 0.5) is 0 Å². The SMILES string of the molecule is Cn1cc(-c2nc(C3COCCN3S(=O)(=O)Cc3cc(C4CC4)on3)no2)cn1. The van der Waals surface area contributed by atoms with Crippen LogP contribution in [0.25, 0.3) is 11.5 Å². The van der Waals surface area contributed by atoms with Gasteiger partial charge in [0.05, 0.1) is 25.0 Å². The van der Waals surface area contributed by atoms with Crippen LogP contribution >= 0.6 is 0 Å². The third-order valence-corrected chi connectivity index (χ3v) is 6.83. The van der Waals surface area contributed by atoms with Crippen molar-refractivity contribution in [1.29, 1.82) is 0 Å². The molecular formula is C17H20N6O5S. The summed E-state index contributed by atoms with van der Waals surface area (Å²) in [6.45, 7) is 0.656. The Morgan fingerprint density at radius 3 is 2.86 bits per heavy atom. The Kier molecular flexibility index (Phi) is 4.48. The van der Waals surface area contributed by atoms with Gasteiger partial charge in [-0.05, 0) is 12.8 Å². The molecule has 3 aromatic rings. The first-order valence-corrected chi connectivity index (χ1v) is 11.0. The molecule has 0 radical (unpaired) electrons. The fourth-order valence-electron chi connectivity index (χ4n) is 3.37. The molecule has 4 heterocycles. The number of rotatable bonds is 6. The van der Waals surface area contributed by atoms with E-state index in [1.54, 1.807) is 30.2 Å². The Morgan fingerprint density at radius 2 is 2.10 bits per heavy atom. The summed E-state index contributed by atoms with van der Waals surface area (Å²) in [6, 6.07) is 1.07. The highest BCUT2D eigenvalue weighted by molar-refractivity contribution is 7.88. The minimum absolute atomic E-state index is 0.150. The van der Waals surface area contributed by atoms with E-state index in [1.165, 1.54) is 4.31 Å². The summed E-state index contributed by atoms with van der Waals surface area (Å²) >= 11 is 0. The normalized spacial score (nSPS) is 20.9. The van der Waals surface area contributed by atoms with E-state index in [-0.39, 0.29) is 30.6 Å². The highest BCUT2D eigenvalue weighted by Crippen LogP contribution is 2.40. The molecule has 11 nitrogen and oxygen atoms in total. The second-order valence-electron chi connectivity index (χ2n) is 7.31. The Labute approximate surface area is 166 Å². The third kappa shape index (κ3) is 3.70. The van der Waals surface area contributed by atoms with Crippen LogP contribution < -0.4 is 0 Å². The lowest BCUT2D eigenvalue weighted by Crippen LogP contribution is -2.44. The van der Waals surface area contributed by atoms with Gasteiger partial charge in [-0.2, -0.15) is 14.4 Å². The molecule has 0 bridgehead atoms. The van der Waals surface area contributed by atoms with Crippen molar-refractivity contribution in [2.75, 3.05) is 19.8 Å². The molecule has 12 heteroatoms. The maximum Gasteiger partial charge on any atom is 0.261 e. The van der Waals surface area contributed by atoms with Crippen LogP contribution in [0, 0.1) is 0 Å². The molecular weight excluding hydrogens is 400 g/mol. The standard InChI is InChI=1S/C17H20N6O5S/c1-22-8-12(7-18-22)17-19-16(21-28-17)14-9-26-5-4-23(14)29(24,25)10-13-6-15(27-20-13)11-2-3-11/h6-8,11,14H,2-5,9-10H2,1H3. The summed E-state index contributed by atoms with van der Waals surface area (Å²) in [4.78, 5) is 4.37. The molecule has 2 fully saturated rings. The van der Waals surface area contributed by atoms with Crippen molar-refractivity contribution in [2.45, 2.75) is 30.6 Å². The van der Waals surface area contributed by atoms with Crippen LogP contribution in [0.15, 0.2) is 27.5 Å². The lowest BCUT2D eigenvalue weighted by molar-refractivity contribution is 0.0281. The van der Waals surface area contributed by atoms with Gasteiger partial charge in [-0.25, -0.2) is 8.42 Å². The van der Waals surface area contributed by atoms with E-state index >= 15 is 0 Å². The largest absolute Gasteiger partial charge is 0.378 e. The van der Waals surface area contributed by atoms with E-state index in [9.17, 15) is 8.42 Å². The summed E-state index contributed by atoms with van der Waals surface area (Å²) in [5.74, 6) is 1.42. The summed E-state index contributed by atoms with van der Waals surface area (Å²) in [6.07, 6.45) is 5.46. The molecule has 0 amide bonds. The molecule has 2 aliphatic rings. The number of aryl methyl sites for hydroxylation is 1. The maximum atomic E-state index is 13.1. The lowest BCUT2D eigenvalue weighted by atomic mass is 10.2. The first-order valence-electron chi connectivity index (χ1n) is 9.35. The molecule has 1 aliphatic carbocycles. The van der Waals surface area contributed by atoms with Gasteiger partial charge in [0, 0.05) is 31.8 Å². The highest BCUT2D eigenvalue weighted by Gasteiger charge is 2.38. The van der Waals surface area contributed by atoms with Crippen LogP contribution in [-0.4, -0.2) is 57.6 Å². The number of sulfonamides is 1. The summed E-state index contributed by atoms with van der Waals surface area (Å²) < 4.78 is 45.3. The minimum atomic E-state index is -3.68. The number of ether oxygens (including phenoxy) is 1. The van der Waals surface area contributed by atoms with Gasteiger partial charge in [0.1, 0.15) is 23.2 Å². The Hall–Kier alpha value is -2.57. The van der Waals surface area contributed by atoms with Crippen LogP contribution in [0.5, 0.6) is 0 Å². The van der Waals surface area contributed by atoms with Crippen molar-refractivity contribution < 1.29 is 22.2 Å². The van der Waals surface area contributed by atoms with Crippen LogP contribution in [-0.2, 0) is 27.6 Å². The molecule has 3 aromatic heterocycles. The molecule has 5 rings (SSSR count). The van der Waals surface area contributed by atoms with E-state index in [1.807, 2.05) is 0 Å². The Morgan fingerprint density at radius 1 is 1.24 bits per heavy atom. The fourth-order valence-corrected chi connectivity index (χ4v) is 4.94. The van der Waals surface area contributed by atoms with Gasteiger partial charge in [-0.1, -0.05) is 10.3 Å². The molecule has 1 atom stereocenters.